The van der Waals surface area contributed by atoms with Crippen molar-refractivity contribution in [3.63, 3.8) is 0 Å². The molecule has 0 unspecified atom stereocenters. The van der Waals surface area contributed by atoms with Gasteiger partial charge >= 0.3 is 6.18 Å². The first-order chi connectivity index (χ1) is 21.5. The molecule has 0 spiro atoms. The van der Waals surface area contributed by atoms with Gasteiger partial charge in [0.05, 0.1) is 23.5 Å². The second-order valence-corrected chi connectivity index (χ2v) is 9.89. The van der Waals surface area contributed by atoms with Crippen molar-refractivity contribution in [1.82, 2.24) is 39.7 Å². The zero-order valence-electron chi connectivity index (χ0n) is 24.2. The minimum Gasteiger partial charge on any atom is -0.483 e. The highest BCUT2D eigenvalue weighted by atomic mass is 19.4. The third-order valence-corrected chi connectivity index (χ3v) is 6.85. The van der Waals surface area contributed by atoms with Crippen molar-refractivity contribution in [3.05, 3.63) is 59.8 Å². The van der Waals surface area contributed by atoms with Gasteiger partial charge in [-0.3, -0.25) is 23.5 Å². The molecule has 5 rings (SSSR count). The van der Waals surface area contributed by atoms with Gasteiger partial charge in [0.2, 0.25) is 5.91 Å². The number of rotatable bonds is 7. The lowest BCUT2D eigenvalue weighted by atomic mass is 10.1. The summed E-state index contributed by atoms with van der Waals surface area (Å²) in [6.07, 6.45) is 0.599. The number of piperazine rings is 1. The normalized spacial score (nSPS) is 13.7. The summed E-state index contributed by atoms with van der Waals surface area (Å²) in [5.41, 5.74) is 0.626. The van der Waals surface area contributed by atoms with Gasteiger partial charge in [0.15, 0.2) is 17.2 Å². The monoisotopic (exact) mass is 626 g/mol. The molecule has 4 aromatic rings. The SMILES string of the molecule is Cc1cc(Nc2nccn3c(-c4cn(CC#N)nc4C(F)(F)F)cnc23)ccc1C(=O)N[C@H](C)C(=O)N1CCNCC1.O=CO. The average molecular weight is 627 g/mol. The van der Waals surface area contributed by atoms with Crippen LogP contribution in [0.25, 0.3) is 16.9 Å². The molecule has 1 aromatic carbocycles. The third-order valence-electron chi connectivity index (χ3n) is 6.85. The molecule has 17 heteroatoms. The van der Waals surface area contributed by atoms with Crippen LogP contribution in [0.2, 0.25) is 0 Å². The van der Waals surface area contributed by atoms with Crippen LogP contribution in [0.15, 0.2) is 43.0 Å². The predicted octanol–water partition coefficient (Wildman–Crippen LogP) is 2.44. The number of aromatic nitrogens is 5. The summed E-state index contributed by atoms with van der Waals surface area (Å²) in [6.45, 7) is 5.42. The number of aryl methyl sites for hydroxylation is 1. The van der Waals surface area contributed by atoms with Crippen LogP contribution in [0.1, 0.15) is 28.5 Å². The van der Waals surface area contributed by atoms with E-state index in [9.17, 15) is 22.8 Å². The molecule has 0 aliphatic carbocycles. The van der Waals surface area contributed by atoms with E-state index in [4.69, 9.17) is 15.2 Å². The molecule has 1 fully saturated rings. The quantitative estimate of drug-likeness (QED) is 0.222. The lowest BCUT2D eigenvalue weighted by Crippen LogP contribution is -2.53. The van der Waals surface area contributed by atoms with Crippen molar-refractivity contribution in [3.8, 4) is 17.3 Å². The Kier molecular flexibility index (Phi) is 9.98. The van der Waals surface area contributed by atoms with Crippen molar-refractivity contribution in [1.29, 1.82) is 5.26 Å². The van der Waals surface area contributed by atoms with Crippen LogP contribution in [-0.4, -0.2) is 84.7 Å². The fourth-order valence-electron chi connectivity index (χ4n) is 4.81. The van der Waals surface area contributed by atoms with E-state index < -0.39 is 17.9 Å². The Morgan fingerprint density at radius 1 is 1.24 bits per heavy atom. The highest BCUT2D eigenvalue weighted by Crippen LogP contribution is 2.37. The van der Waals surface area contributed by atoms with Gasteiger partial charge in [-0.05, 0) is 37.6 Å². The number of carboxylic acid groups (broad SMARTS) is 1. The van der Waals surface area contributed by atoms with Crippen LogP contribution in [0.4, 0.5) is 24.7 Å². The van der Waals surface area contributed by atoms with E-state index in [1.54, 1.807) is 43.0 Å². The third kappa shape index (κ3) is 7.36. The number of benzene rings is 1. The van der Waals surface area contributed by atoms with Gasteiger partial charge in [-0.2, -0.15) is 23.5 Å². The number of hydrogen-bond acceptors (Lipinski definition) is 9. The van der Waals surface area contributed by atoms with E-state index in [1.165, 1.54) is 23.0 Å². The predicted molar refractivity (Wildman–Crippen MR) is 154 cm³/mol. The Balaban J connectivity index is 0.00000148. The van der Waals surface area contributed by atoms with Crippen LogP contribution in [-0.2, 0) is 22.3 Å². The Morgan fingerprint density at radius 3 is 2.60 bits per heavy atom. The van der Waals surface area contributed by atoms with E-state index >= 15 is 0 Å². The minimum absolute atomic E-state index is 0.125. The fraction of sp³-hybridized carbons (Fsp3) is 0.321. The number of alkyl halides is 3. The molecule has 3 aromatic heterocycles. The molecular weight excluding hydrogens is 597 g/mol. The van der Waals surface area contributed by atoms with E-state index in [0.717, 1.165) is 10.9 Å². The van der Waals surface area contributed by atoms with Crippen molar-refractivity contribution in [2.75, 3.05) is 31.5 Å². The van der Waals surface area contributed by atoms with Gasteiger partial charge in [0, 0.05) is 56.0 Å². The number of hydrogen-bond donors (Lipinski definition) is 4. The fourth-order valence-corrected chi connectivity index (χ4v) is 4.81. The first-order valence-corrected chi connectivity index (χ1v) is 13.6. The number of anilines is 2. The van der Waals surface area contributed by atoms with Crippen LogP contribution >= 0.6 is 0 Å². The molecule has 1 saturated heterocycles. The lowest BCUT2D eigenvalue weighted by molar-refractivity contribution is -0.141. The Hall–Kier alpha value is -5.50. The van der Waals surface area contributed by atoms with E-state index in [-0.39, 0.29) is 47.6 Å². The molecule has 236 valence electrons. The zero-order valence-corrected chi connectivity index (χ0v) is 24.2. The summed E-state index contributed by atoms with van der Waals surface area (Å²) < 4.78 is 43.5. The van der Waals surface area contributed by atoms with Crippen LogP contribution in [0.3, 0.4) is 0 Å². The maximum absolute atomic E-state index is 13.7. The number of carbonyl (C=O) groups is 3. The summed E-state index contributed by atoms with van der Waals surface area (Å²) in [5, 5.41) is 28.4. The second-order valence-electron chi connectivity index (χ2n) is 9.89. The van der Waals surface area contributed by atoms with Gasteiger partial charge < -0.3 is 26.0 Å². The minimum atomic E-state index is -4.74. The summed E-state index contributed by atoms with van der Waals surface area (Å²) in [7, 11) is 0. The molecule has 2 amide bonds. The number of carbonyl (C=O) groups excluding carboxylic acids is 2. The van der Waals surface area contributed by atoms with E-state index in [0.29, 0.717) is 43.0 Å². The van der Waals surface area contributed by atoms with Crippen LogP contribution in [0, 0.1) is 18.3 Å². The zero-order chi connectivity index (χ0) is 32.7. The molecule has 45 heavy (non-hydrogen) atoms. The summed E-state index contributed by atoms with van der Waals surface area (Å²) in [4.78, 5) is 44.3. The first-order valence-electron chi connectivity index (χ1n) is 13.6. The van der Waals surface area contributed by atoms with E-state index in [1.807, 2.05) is 0 Å². The smallest absolute Gasteiger partial charge is 0.435 e. The number of imidazole rings is 1. The molecule has 1 aliphatic heterocycles. The van der Waals surface area contributed by atoms with Gasteiger partial charge in [-0.25, -0.2) is 9.97 Å². The molecule has 4 heterocycles. The molecule has 0 radical (unpaired) electrons. The molecule has 0 saturated carbocycles. The summed E-state index contributed by atoms with van der Waals surface area (Å²) >= 11 is 0. The molecule has 0 bridgehead atoms. The van der Waals surface area contributed by atoms with Crippen molar-refractivity contribution in [2.24, 2.45) is 0 Å². The molecule has 1 atom stereocenters. The van der Waals surface area contributed by atoms with Crippen molar-refractivity contribution < 1.29 is 32.7 Å². The first kappa shape index (κ1) is 32.4. The number of nitrogens with zero attached hydrogens (tertiary/aromatic N) is 7. The number of halogens is 3. The number of fused-ring (bicyclic) bond motifs is 1. The highest BCUT2D eigenvalue weighted by Gasteiger charge is 2.38. The van der Waals surface area contributed by atoms with Gasteiger partial charge in [-0.1, -0.05) is 0 Å². The van der Waals surface area contributed by atoms with E-state index in [2.05, 4.69) is 31.0 Å². The number of nitrogens with one attached hydrogen (secondary N) is 3. The molecule has 4 N–H and O–H groups in total. The van der Waals surface area contributed by atoms with Gasteiger partial charge in [0.1, 0.15) is 12.6 Å². The maximum atomic E-state index is 13.7. The largest absolute Gasteiger partial charge is 0.483 e. The standard InChI is InChI=1S/C27H27F3N10O2.CH2O2/c1-16-13-18(3-4-19(16)25(41)35-17(2)26(42)38-10-6-32-7-11-38)36-23-24-34-14-21(40(24)12-8-33-23)20-15-39(9-5-31)37-22(20)27(28,29)30;2-1-3/h3-4,8,12-15,17,32H,6-7,9-11H2,1-2H3,(H,33,36)(H,35,41);1H,(H,2,3)/t17-;/m1./s1. The summed E-state index contributed by atoms with van der Waals surface area (Å²) in [6, 6.07) is 6.10. The number of amides is 2. The summed E-state index contributed by atoms with van der Waals surface area (Å²) in [5.74, 6) is -0.252. The van der Waals surface area contributed by atoms with Crippen LogP contribution < -0.4 is 16.0 Å². The van der Waals surface area contributed by atoms with Gasteiger partial charge in [-0.15, -0.1) is 0 Å². The topological polar surface area (TPSA) is 183 Å². The Labute approximate surface area is 254 Å². The Bertz CT molecular complexity index is 1740. The van der Waals surface area contributed by atoms with Crippen molar-refractivity contribution >= 4 is 35.4 Å². The lowest BCUT2D eigenvalue weighted by Gasteiger charge is -2.30. The van der Waals surface area contributed by atoms with Gasteiger partial charge in [0.25, 0.3) is 12.4 Å². The number of nitriles is 1. The average Bonchev–Trinajstić information content (AvgIpc) is 3.63. The van der Waals surface area contributed by atoms with Crippen LogP contribution in [0.5, 0.6) is 0 Å². The molecule has 1 aliphatic rings. The highest BCUT2D eigenvalue weighted by molar-refractivity contribution is 5.99. The Morgan fingerprint density at radius 2 is 1.96 bits per heavy atom. The van der Waals surface area contributed by atoms with Crippen molar-refractivity contribution in [2.45, 2.75) is 32.6 Å². The maximum Gasteiger partial charge on any atom is 0.435 e. The molecular formula is C28H29F3N10O4. The molecule has 14 nitrogen and oxygen atoms in total. The second kappa shape index (κ2) is 13.9.